The maximum absolute atomic E-state index is 13.0. The Morgan fingerprint density at radius 2 is 1.83 bits per heavy atom. The van der Waals surface area contributed by atoms with Gasteiger partial charge in [-0.15, -0.1) is 0 Å². The summed E-state index contributed by atoms with van der Waals surface area (Å²) in [5, 5.41) is 27.9. The monoisotopic (exact) mass is 341 g/mol. The summed E-state index contributed by atoms with van der Waals surface area (Å²) < 4.78 is 27.1. The van der Waals surface area contributed by atoms with E-state index in [2.05, 4.69) is 0 Å². The van der Waals surface area contributed by atoms with Gasteiger partial charge in [0.15, 0.2) is 0 Å². The summed E-state index contributed by atoms with van der Waals surface area (Å²) in [4.78, 5) is -0.0300. The molecular weight excluding hydrogens is 326 g/mol. The average molecular weight is 341 g/mol. The molecule has 0 amide bonds. The summed E-state index contributed by atoms with van der Waals surface area (Å²) in [5.41, 5.74) is 1.05. The van der Waals surface area contributed by atoms with E-state index >= 15 is 0 Å². The average Bonchev–Trinajstić information content (AvgIpc) is 2.57. The number of hydrogen-bond donors (Lipinski definition) is 1. The van der Waals surface area contributed by atoms with E-state index < -0.39 is 10.0 Å². The van der Waals surface area contributed by atoms with E-state index in [-0.39, 0.29) is 34.0 Å². The lowest BCUT2D eigenvalue weighted by Crippen LogP contribution is -2.32. The molecule has 1 N–H and O–H groups in total. The molecule has 0 saturated carbocycles. The van der Waals surface area contributed by atoms with Gasteiger partial charge < -0.3 is 5.11 Å². The van der Waals surface area contributed by atoms with Crippen LogP contribution in [-0.4, -0.2) is 20.1 Å². The zero-order valence-electron chi connectivity index (χ0n) is 13.2. The molecule has 0 radical (unpaired) electrons. The number of phenolic OH excluding ortho intramolecular Hbond substituents is 1. The summed E-state index contributed by atoms with van der Waals surface area (Å²) in [5.74, 6) is -0.157. The second-order valence-electron chi connectivity index (χ2n) is 5.08. The minimum atomic E-state index is -3.97. The Hall–Kier alpha value is -3.03. The Morgan fingerprint density at radius 3 is 2.42 bits per heavy atom. The fourth-order valence-electron chi connectivity index (χ4n) is 2.37. The highest BCUT2D eigenvalue weighted by molar-refractivity contribution is 7.92. The molecule has 0 atom stereocenters. The molecule has 0 spiro atoms. The quantitative estimate of drug-likeness (QED) is 0.920. The Labute approximate surface area is 140 Å². The van der Waals surface area contributed by atoms with E-state index in [0.29, 0.717) is 5.56 Å². The van der Waals surface area contributed by atoms with E-state index in [1.807, 2.05) is 12.1 Å². The highest BCUT2D eigenvalue weighted by atomic mass is 32.2. The van der Waals surface area contributed by atoms with Crippen molar-refractivity contribution in [2.45, 2.75) is 18.7 Å². The molecule has 24 heavy (non-hydrogen) atoms. The second-order valence-corrected chi connectivity index (χ2v) is 6.91. The van der Waals surface area contributed by atoms with Crippen LogP contribution in [0.2, 0.25) is 0 Å². The third-order valence-corrected chi connectivity index (χ3v) is 5.57. The fraction of sp³-hybridized carbons (Fsp3) is 0.176. The van der Waals surface area contributed by atoms with Crippen LogP contribution in [0, 0.1) is 29.6 Å². The van der Waals surface area contributed by atoms with E-state index in [1.165, 1.54) is 36.4 Å². The number of anilines is 1. The molecule has 7 heteroatoms. The van der Waals surface area contributed by atoms with Crippen LogP contribution in [0.4, 0.5) is 5.69 Å². The fourth-order valence-corrected chi connectivity index (χ4v) is 4.11. The minimum absolute atomic E-state index is 0.0300. The molecule has 0 fully saturated rings. The molecule has 2 aromatic rings. The van der Waals surface area contributed by atoms with Crippen molar-refractivity contribution in [1.29, 1.82) is 10.5 Å². The van der Waals surface area contributed by atoms with Gasteiger partial charge in [0.2, 0.25) is 0 Å². The van der Waals surface area contributed by atoms with Crippen molar-refractivity contribution in [3.05, 3.63) is 53.1 Å². The number of nitrogens with zero attached hydrogens (tertiary/aromatic N) is 3. The molecule has 0 bridgehead atoms. The Morgan fingerprint density at radius 1 is 1.12 bits per heavy atom. The molecule has 0 aliphatic rings. The van der Waals surface area contributed by atoms with Crippen LogP contribution in [-0.2, 0) is 10.0 Å². The lowest BCUT2D eigenvalue weighted by atomic mass is 10.1. The highest BCUT2D eigenvalue weighted by Gasteiger charge is 2.27. The molecule has 0 aliphatic heterocycles. The molecule has 0 aromatic heterocycles. The van der Waals surface area contributed by atoms with Gasteiger partial charge in [0.05, 0.1) is 27.8 Å². The maximum Gasteiger partial charge on any atom is 0.264 e. The molecule has 122 valence electrons. The summed E-state index contributed by atoms with van der Waals surface area (Å²) in [6.45, 7) is 3.37. The van der Waals surface area contributed by atoms with Crippen molar-refractivity contribution in [3.8, 4) is 17.9 Å². The van der Waals surface area contributed by atoms with Crippen LogP contribution < -0.4 is 4.31 Å². The lowest BCUT2D eigenvalue weighted by Gasteiger charge is -2.24. The van der Waals surface area contributed by atoms with Gasteiger partial charge in [-0.1, -0.05) is 6.07 Å². The van der Waals surface area contributed by atoms with Gasteiger partial charge in [0.25, 0.3) is 10.0 Å². The maximum atomic E-state index is 13.0. The first-order valence-electron chi connectivity index (χ1n) is 7.11. The van der Waals surface area contributed by atoms with Gasteiger partial charge in [0.1, 0.15) is 11.8 Å². The third-order valence-electron chi connectivity index (χ3n) is 3.54. The zero-order valence-corrected chi connectivity index (χ0v) is 14.0. The van der Waals surface area contributed by atoms with Gasteiger partial charge >= 0.3 is 0 Å². The van der Waals surface area contributed by atoms with Crippen molar-refractivity contribution in [3.63, 3.8) is 0 Å². The van der Waals surface area contributed by atoms with Crippen molar-refractivity contribution in [2.24, 2.45) is 0 Å². The highest BCUT2D eigenvalue weighted by Crippen LogP contribution is 2.30. The van der Waals surface area contributed by atoms with E-state index in [1.54, 1.807) is 13.8 Å². The minimum Gasteiger partial charge on any atom is -0.508 e. The van der Waals surface area contributed by atoms with Crippen molar-refractivity contribution in [1.82, 2.24) is 0 Å². The van der Waals surface area contributed by atoms with Crippen LogP contribution in [0.3, 0.4) is 0 Å². The number of nitriles is 2. The summed E-state index contributed by atoms with van der Waals surface area (Å²) in [6.07, 6.45) is 0. The van der Waals surface area contributed by atoms with Crippen LogP contribution in [0.25, 0.3) is 0 Å². The van der Waals surface area contributed by atoms with Gasteiger partial charge in [-0.05, 0) is 43.7 Å². The predicted molar refractivity (Wildman–Crippen MR) is 88.9 cm³/mol. The number of phenols is 1. The first kappa shape index (κ1) is 17.3. The topological polar surface area (TPSA) is 105 Å². The van der Waals surface area contributed by atoms with Gasteiger partial charge in [0, 0.05) is 12.6 Å². The molecule has 2 rings (SSSR count). The number of hydrogen-bond acceptors (Lipinski definition) is 5. The number of aromatic hydroxyl groups is 1. The molecule has 0 heterocycles. The van der Waals surface area contributed by atoms with E-state index in [9.17, 15) is 18.8 Å². The van der Waals surface area contributed by atoms with Gasteiger partial charge in [-0.2, -0.15) is 10.5 Å². The smallest absolute Gasteiger partial charge is 0.264 e. The number of rotatable bonds is 4. The van der Waals surface area contributed by atoms with Crippen molar-refractivity contribution in [2.75, 3.05) is 10.8 Å². The first-order chi connectivity index (χ1) is 11.3. The van der Waals surface area contributed by atoms with Crippen LogP contribution in [0.5, 0.6) is 5.75 Å². The summed E-state index contributed by atoms with van der Waals surface area (Å²) in [7, 11) is -3.97. The Bertz CT molecular complexity index is 970. The van der Waals surface area contributed by atoms with Crippen LogP contribution >= 0.6 is 0 Å². The molecule has 6 nitrogen and oxygen atoms in total. The van der Waals surface area contributed by atoms with Gasteiger partial charge in [-0.25, -0.2) is 8.42 Å². The van der Waals surface area contributed by atoms with Crippen molar-refractivity contribution >= 4 is 15.7 Å². The first-order valence-corrected chi connectivity index (χ1v) is 8.55. The van der Waals surface area contributed by atoms with E-state index in [4.69, 9.17) is 5.26 Å². The Balaban J connectivity index is 2.66. The molecule has 0 unspecified atom stereocenters. The largest absolute Gasteiger partial charge is 0.508 e. The standard InChI is InChI=1S/C17H15N3O3S/c1-3-20(16-7-5-13(10-18)8-14(16)11-19)24(22,23)17-9-15(21)6-4-12(17)2/h4-9,21H,3H2,1-2H3. The van der Waals surface area contributed by atoms with Crippen LogP contribution in [0.15, 0.2) is 41.3 Å². The number of benzene rings is 2. The Kier molecular flexibility index (Phi) is 4.77. The molecule has 2 aromatic carbocycles. The number of aryl methyl sites for hydroxylation is 1. The van der Waals surface area contributed by atoms with E-state index in [0.717, 1.165) is 4.31 Å². The normalized spacial score (nSPS) is 10.7. The molecule has 0 saturated heterocycles. The zero-order chi connectivity index (χ0) is 17.9. The predicted octanol–water partition coefficient (Wildman–Crippen LogP) is 2.66. The third kappa shape index (κ3) is 3.03. The SMILES string of the molecule is CCN(c1ccc(C#N)cc1C#N)S(=O)(=O)c1cc(O)ccc1C. The van der Waals surface area contributed by atoms with Crippen LogP contribution in [0.1, 0.15) is 23.6 Å². The summed E-state index contributed by atoms with van der Waals surface area (Å²) in [6, 6.07) is 12.2. The van der Waals surface area contributed by atoms with Crippen molar-refractivity contribution < 1.29 is 13.5 Å². The lowest BCUT2D eigenvalue weighted by molar-refractivity contribution is 0.473. The molecule has 0 aliphatic carbocycles. The second kappa shape index (κ2) is 6.61. The number of sulfonamides is 1. The van der Waals surface area contributed by atoms with Gasteiger partial charge in [-0.3, -0.25) is 4.31 Å². The molecular formula is C17H15N3O3S. The summed E-state index contributed by atoms with van der Waals surface area (Å²) >= 11 is 0.